The minimum absolute atomic E-state index is 0.242. The summed E-state index contributed by atoms with van der Waals surface area (Å²) in [5, 5.41) is 19.5. The lowest BCUT2D eigenvalue weighted by Crippen LogP contribution is -2.46. The summed E-state index contributed by atoms with van der Waals surface area (Å²) in [7, 11) is 2.12. The van der Waals surface area contributed by atoms with Crippen LogP contribution in [0.5, 0.6) is 0 Å². The van der Waals surface area contributed by atoms with Gasteiger partial charge in [-0.15, -0.1) is 0 Å². The van der Waals surface area contributed by atoms with Crippen LogP contribution in [-0.2, 0) is 0 Å². The van der Waals surface area contributed by atoms with Crippen molar-refractivity contribution in [3.63, 3.8) is 0 Å². The summed E-state index contributed by atoms with van der Waals surface area (Å²) in [4.78, 5) is 31.3. The zero-order valence-electron chi connectivity index (χ0n) is 22.6. The van der Waals surface area contributed by atoms with Crippen molar-refractivity contribution >= 4 is 46.5 Å². The number of likely N-dealkylation sites (N-methyl/N-ethyl adjacent to an activating group) is 1. The number of anilines is 2. The topological polar surface area (TPSA) is 127 Å². The van der Waals surface area contributed by atoms with E-state index in [0.29, 0.717) is 69.6 Å². The number of pyridine rings is 1. The van der Waals surface area contributed by atoms with Crippen molar-refractivity contribution in [1.29, 1.82) is 5.26 Å². The second-order valence-electron chi connectivity index (χ2n) is 9.74. The van der Waals surface area contributed by atoms with Gasteiger partial charge in [0.1, 0.15) is 23.2 Å². The molecule has 1 aliphatic heterocycles. The van der Waals surface area contributed by atoms with Gasteiger partial charge in [0, 0.05) is 81.4 Å². The number of carbonyl (C=O) groups excluding carboxylic acids is 1. The fourth-order valence-corrected chi connectivity index (χ4v) is 4.98. The molecule has 1 amide bonds. The predicted molar refractivity (Wildman–Crippen MR) is 161 cm³/mol. The molecule has 0 spiro atoms. The lowest BCUT2D eigenvalue weighted by molar-refractivity contribution is 0.0936. The fraction of sp³-hybridized carbons (Fsp3) is 0.321. The van der Waals surface area contributed by atoms with Crippen LogP contribution in [0.4, 0.5) is 11.8 Å². The van der Waals surface area contributed by atoms with Gasteiger partial charge in [-0.2, -0.15) is 5.26 Å². The van der Waals surface area contributed by atoms with Crippen molar-refractivity contribution in [2.75, 3.05) is 70.0 Å². The summed E-state index contributed by atoms with van der Waals surface area (Å²) in [6, 6.07) is 12.5. The number of amides is 1. The number of hydrogen-bond donors (Lipinski definition) is 3. The van der Waals surface area contributed by atoms with Crippen LogP contribution in [-0.4, -0.2) is 94.5 Å². The van der Waals surface area contributed by atoms with Crippen molar-refractivity contribution in [2.45, 2.75) is 0 Å². The van der Waals surface area contributed by atoms with Crippen LogP contribution >= 0.6 is 23.2 Å². The molecule has 0 saturated carbocycles. The average Bonchev–Trinajstić information content (AvgIpc) is 3.41. The number of carbonyl (C=O) groups is 1. The molecule has 0 radical (unpaired) electrons. The average molecular weight is 594 g/mol. The van der Waals surface area contributed by atoms with Crippen LogP contribution in [0.25, 0.3) is 16.9 Å². The molecule has 13 heteroatoms. The SMILES string of the molecule is CN1CCN(CCNC(=O)c2cn3c(NCCNc4ccc(C#N)cn4)nc(-c4ccc(Cl)cc4Cl)cc3n2)CC1. The van der Waals surface area contributed by atoms with E-state index in [-0.39, 0.29) is 5.91 Å². The summed E-state index contributed by atoms with van der Waals surface area (Å²) in [5.41, 5.74) is 2.64. The summed E-state index contributed by atoms with van der Waals surface area (Å²) in [5.74, 6) is 0.916. The maximum Gasteiger partial charge on any atom is 0.271 e. The highest BCUT2D eigenvalue weighted by Gasteiger charge is 2.18. The van der Waals surface area contributed by atoms with Gasteiger partial charge in [-0.3, -0.25) is 14.1 Å². The number of aromatic nitrogens is 4. The molecule has 3 aromatic heterocycles. The van der Waals surface area contributed by atoms with E-state index in [1.807, 2.05) is 0 Å². The van der Waals surface area contributed by atoms with Crippen LogP contribution in [0.15, 0.2) is 48.8 Å². The van der Waals surface area contributed by atoms with E-state index < -0.39 is 0 Å². The Kier molecular flexibility index (Phi) is 9.16. The van der Waals surface area contributed by atoms with E-state index in [1.54, 1.807) is 47.0 Å². The fourth-order valence-electron chi connectivity index (χ4n) is 4.48. The van der Waals surface area contributed by atoms with Crippen LogP contribution < -0.4 is 16.0 Å². The molecule has 4 aromatic rings. The van der Waals surface area contributed by atoms with E-state index in [1.165, 1.54) is 6.20 Å². The Labute approximate surface area is 248 Å². The van der Waals surface area contributed by atoms with Gasteiger partial charge >= 0.3 is 0 Å². The highest BCUT2D eigenvalue weighted by molar-refractivity contribution is 6.36. The van der Waals surface area contributed by atoms with Gasteiger partial charge in [0.15, 0.2) is 0 Å². The van der Waals surface area contributed by atoms with E-state index in [2.05, 4.69) is 48.8 Å². The number of benzene rings is 1. The number of piperazine rings is 1. The highest BCUT2D eigenvalue weighted by atomic mass is 35.5. The van der Waals surface area contributed by atoms with E-state index in [4.69, 9.17) is 33.4 Å². The lowest BCUT2D eigenvalue weighted by atomic mass is 10.1. The molecule has 0 atom stereocenters. The second-order valence-corrected chi connectivity index (χ2v) is 10.6. The maximum absolute atomic E-state index is 13.0. The molecule has 11 nitrogen and oxygen atoms in total. The molecular weight excluding hydrogens is 563 g/mol. The van der Waals surface area contributed by atoms with Crippen molar-refractivity contribution in [3.05, 3.63) is 70.1 Å². The Morgan fingerprint density at radius 1 is 1.02 bits per heavy atom. The molecule has 1 saturated heterocycles. The van der Waals surface area contributed by atoms with Gasteiger partial charge in [0.25, 0.3) is 5.91 Å². The smallest absolute Gasteiger partial charge is 0.271 e. The standard InChI is InChI=1S/C28H30Cl2N10O/c1-38-10-12-39(13-11-38)9-8-33-27(41)24-18-40-26(36-24)15-23(21-4-3-20(29)14-22(21)30)37-28(40)34-7-6-32-25-5-2-19(16-31)17-35-25/h2-5,14-15,17-18H,6-13H2,1H3,(H,32,35)(H,33,41)(H,34,37). The minimum atomic E-state index is -0.242. The first-order chi connectivity index (χ1) is 19.9. The molecule has 1 aromatic carbocycles. The summed E-state index contributed by atoms with van der Waals surface area (Å²) >= 11 is 12.6. The molecule has 3 N–H and O–H groups in total. The van der Waals surface area contributed by atoms with Gasteiger partial charge < -0.3 is 20.9 Å². The number of fused-ring (bicyclic) bond motifs is 1. The Balaban J connectivity index is 1.31. The molecule has 41 heavy (non-hydrogen) atoms. The largest absolute Gasteiger partial charge is 0.368 e. The molecule has 0 aliphatic carbocycles. The zero-order chi connectivity index (χ0) is 28.8. The summed E-state index contributed by atoms with van der Waals surface area (Å²) in [6.45, 7) is 6.41. The molecular formula is C28H30Cl2N10O. The number of hydrogen-bond acceptors (Lipinski definition) is 9. The maximum atomic E-state index is 13.0. The first-order valence-electron chi connectivity index (χ1n) is 13.3. The minimum Gasteiger partial charge on any atom is -0.368 e. The van der Waals surface area contributed by atoms with E-state index in [9.17, 15) is 4.79 Å². The normalized spacial score (nSPS) is 14.1. The number of nitrogens with zero attached hydrogens (tertiary/aromatic N) is 7. The molecule has 5 rings (SSSR count). The Bertz CT molecular complexity index is 1560. The first kappa shape index (κ1) is 28.6. The third-order valence-electron chi connectivity index (χ3n) is 6.81. The molecule has 4 heterocycles. The highest BCUT2D eigenvalue weighted by Crippen LogP contribution is 2.31. The monoisotopic (exact) mass is 592 g/mol. The third kappa shape index (κ3) is 7.23. The number of nitriles is 1. The van der Waals surface area contributed by atoms with Crippen molar-refractivity contribution in [3.8, 4) is 17.3 Å². The number of imidazole rings is 1. The third-order valence-corrected chi connectivity index (χ3v) is 7.36. The Hall–Kier alpha value is -3.95. The Morgan fingerprint density at radius 2 is 1.83 bits per heavy atom. The predicted octanol–water partition coefficient (Wildman–Crippen LogP) is 3.47. The van der Waals surface area contributed by atoms with Gasteiger partial charge in [-0.25, -0.2) is 15.0 Å². The quantitative estimate of drug-likeness (QED) is 0.237. The molecule has 0 bridgehead atoms. The Morgan fingerprint density at radius 3 is 2.56 bits per heavy atom. The van der Waals surface area contributed by atoms with Gasteiger partial charge in [0.05, 0.1) is 16.3 Å². The molecule has 212 valence electrons. The lowest BCUT2D eigenvalue weighted by Gasteiger charge is -2.32. The van der Waals surface area contributed by atoms with Gasteiger partial charge in [0.2, 0.25) is 5.95 Å². The number of halogens is 2. The number of rotatable bonds is 10. The van der Waals surface area contributed by atoms with Crippen molar-refractivity contribution in [2.24, 2.45) is 0 Å². The summed E-state index contributed by atoms with van der Waals surface area (Å²) < 4.78 is 1.75. The van der Waals surface area contributed by atoms with Crippen molar-refractivity contribution in [1.82, 2.24) is 34.5 Å². The van der Waals surface area contributed by atoms with Crippen molar-refractivity contribution < 1.29 is 4.79 Å². The molecule has 1 aliphatic rings. The van der Waals surface area contributed by atoms with Gasteiger partial charge in [-0.05, 0) is 37.4 Å². The van der Waals surface area contributed by atoms with Crippen LogP contribution in [0.2, 0.25) is 10.0 Å². The van der Waals surface area contributed by atoms with E-state index >= 15 is 0 Å². The van der Waals surface area contributed by atoms with Crippen LogP contribution in [0.3, 0.4) is 0 Å². The molecule has 0 unspecified atom stereocenters. The summed E-state index contributed by atoms with van der Waals surface area (Å²) in [6.07, 6.45) is 3.20. The van der Waals surface area contributed by atoms with Crippen LogP contribution in [0, 0.1) is 11.3 Å². The number of nitrogens with one attached hydrogen (secondary N) is 3. The first-order valence-corrected chi connectivity index (χ1v) is 14.0. The zero-order valence-corrected chi connectivity index (χ0v) is 24.1. The van der Waals surface area contributed by atoms with Gasteiger partial charge in [-0.1, -0.05) is 23.2 Å². The molecule has 1 fully saturated rings. The second kappa shape index (κ2) is 13.1. The van der Waals surface area contributed by atoms with Crippen LogP contribution in [0.1, 0.15) is 16.1 Å². The van der Waals surface area contributed by atoms with E-state index in [0.717, 1.165) is 32.7 Å².